The average Bonchev–Trinajstić information content (AvgIpc) is 3.13. The number of amides is 1. The van der Waals surface area contributed by atoms with Crippen LogP contribution in [0.25, 0.3) is 11.1 Å². The number of nitrogens with one attached hydrogen (secondary N) is 1. The second-order valence-corrected chi connectivity index (χ2v) is 8.96. The van der Waals surface area contributed by atoms with E-state index in [1.807, 2.05) is 0 Å². The molecule has 5 rings (SSSR count). The molecule has 10 heteroatoms. The van der Waals surface area contributed by atoms with Crippen LogP contribution in [0.3, 0.4) is 0 Å². The van der Waals surface area contributed by atoms with Crippen molar-refractivity contribution in [2.75, 3.05) is 10.3 Å². The van der Waals surface area contributed by atoms with Gasteiger partial charge in [0.25, 0.3) is 5.91 Å². The van der Waals surface area contributed by atoms with Gasteiger partial charge in [0.1, 0.15) is 11.6 Å². The first-order valence-corrected chi connectivity index (χ1v) is 11.6. The summed E-state index contributed by atoms with van der Waals surface area (Å²) >= 11 is 12.3. The molecule has 0 spiro atoms. The van der Waals surface area contributed by atoms with Crippen LogP contribution in [0.5, 0.6) is 5.75 Å². The molecule has 37 heavy (non-hydrogen) atoms. The number of aromatic carboxylic acids is 1. The number of carboxylic acids is 1. The van der Waals surface area contributed by atoms with Gasteiger partial charge in [0.05, 0.1) is 22.6 Å². The van der Waals surface area contributed by atoms with Crippen LogP contribution >= 0.6 is 23.2 Å². The number of anilines is 3. The molecule has 0 atom stereocenters. The lowest BCUT2D eigenvalue weighted by Crippen LogP contribution is -2.26. The van der Waals surface area contributed by atoms with Crippen LogP contribution in [0.4, 0.5) is 21.5 Å². The van der Waals surface area contributed by atoms with Gasteiger partial charge < -0.3 is 10.2 Å². The van der Waals surface area contributed by atoms with Crippen molar-refractivity contribution in [3.8, 4) is 16.9 Å². The van der Waals surface area contributed by atoms with Gasteiger partial charge in [-0.05, 0) is 60.2 Å². The first kappa shape index (κ1) is 24.3. The lowest BCUT2D eigenvalue weighted by Gasteiger charge is -2.17. The molecule has 0 saturated carbocycles. The molecule has 1 heterocycles. The fourth-order valence-corrected chi connectivity index (χ4v) is 4.57. The number of phenols is 1. The van der Waals surface area contributed by atoms with Crippen molar-refractivity contribution in [3.05, 3.63) is 106 Å². The molecule has 3 N–H and O–H groups in total. The Morgan fingerprint density at radius 3 is 2.38 bits per heavy atom. The Balaban J connectivity index is 1.54. The average molecular weight is 536 g/mol. The van der Waals surface area contributed by atoms with Crippen molar-refractivity contribution in [2.45, 2.75) is 0 Å². The summed E-state index contributed by atoms with van der Waals surface area (Å²) in [4.78, 5) is 26.1. The topological polar surface area (TPSA) is 102 Å². The van der Waals surface area contributed by atoms with Gasteiger partial charge in [-0.2, -0.15) is 5.10 Å². The normalized spacial score (nSPS) is 13.6. The van der Waals surface area contributed by atoms with Gasteiger partial charge in [-0.1, -0.05) is 47.5 Å². The Morgan fingerprint density at radius 1 is 0.919 bits per heavy atom. The molecule has 0 bridgehead atoms. The van der Waals surface area contributed by atoms with Gasteiger partial charge in [0.2, 0.25) is 0 Å². The fraction of sp³-hybridized carbons (Fsp3) is 0. The molecule has 184 valence electrons. The smallest absolute Gasteiger partial charge is 0.335 e. The molecule has 0 aromatic heterocycles. The predicted octanol–water partition coefficient (Wildman–Crippen LogP) is 6.70. The quantitative estimate of drug-likeness (QED) is 0.195. The molecule has 1 amide bonds. The van der Waals surface area contributed by atoms with E-state index >= 15 is 0 Å². The van der Waals surface area contributed by atoms with Crippen LogP contribution in [0, 0.1) is 5.82 Å². The third kappa shape index (κ3) is 4.60. The molecule has 4 aromatic carbocycles. The number of carboxylic acid groups (broad SMARTS) is 1. The number of carbonyl (C=O) groups is 2. The molecule has 0 aliphatic carbocycles. The third-order valence-electron chi connectivity index (χ3n) is 5.71. The van der Waals surface area contributed by atoms with Crippen LogP contribution in [0.2, 0.25) is 10.0 Å². The van der Waals surface area contributed by atoms with Crippen molar-refractivity contribution in [2.24, 2.45) is 5.10 Å². The number of aromatic hydroxyl groups is 1. The van der Waals surface area contributed by atoms with Gasteiger partial charge in [-0.3, -0.25) is 15.1 Å². The van der Waals surface area contributed by atoms with E-state index in [4.69, 9.17) is 23.2 Å². The standard InChI is InChI=1S/C27H16Cl2FN3O4/c28-16-10-17(29)12-19(11-16)33-23-8-7-18(30)13-21(23)24(26(33)35)32-31-22-6-2-5-20(25(22)34)14-3-1-4-15(9-14)27(36)37/h1-13,31,34H,(H,36,37). The van der Waals surface area contributed by atoms with Gasteiger partial charge >= 0.3 is 5.97 Å². The zero-order valence-corrected chi connectivity index (χ0v) is 20.3. The molecule has 0 unspecified atom stereocenters. The van der Waals surface area contributed by atoms with E-state index in [9.17, 15) is 24.2 Å². The van der Waals surface area contributed by atoms with Gasteiger partial charge in [0, 0.05) is 21.2 Å². The van der Waals surface area contributed by atoms with Crippen LogP contribution in [0.15, 0.2) is 84.0 Å². The van der Waals surface area contributed by atoms with E-state index in [1.54, 1.807) is 36.4 Å². The maximum Gasteiger partial charge on any atom is 0.335 e. The van der Waals surface area contributed by atoms with Crippen LogP contribution in [-0.2, 0) is 4.79 Å². The first-order chi connectivity index (χ1) is 17.7. The van der Waals surface area contributed by atoms with Crippen LogP contribution in [0.1, 0.15) is 15.9 Å². The number of halogens is 3. The highest BCUT2D eigenvalue weighted by Gasteiger charge is 2.36. The van der Waals surface area contributed by atoms with Gasteiger partial charge in [0.15, 0.2) is 5.71 Å². The molecule has 7 nitrogen and oxygen atoms in total. The second-order valence-electron chi connectivity index (χ2n) is 8.09. The molecular weight excluding hydrogens is 520 g/mol. The molecule has 1 aliphatic heterocycles. The Hall–Kier alpha value is -4.40. The fourth-order valence-electron chi connectivity index (χ4n) is 4.06. The number of hydrazone groups is 1. The number of benzene rings is 4. The number of fused-ring (bicyclic) bond motifs is 1. The van der Waals surface area contributed by atoms with Crippen molar-refractivity contribution >= 4 is 57.9 Å². The maximum absolute atomic E-state index is 14.1. The lowest BCUT2D eigenvalue weighted by atomic mass is 10.0. The van der Waals surface area contributed by atoms with Crippen molar-refractivity contribution in [1.82, 2.24) is 0 Å². The number of nitrogens with zero attached hydrogens (tertiary/aromatic N) is 2. The SMILES string of the molecule is O=C(O)c1cccc(-c2cccc(NN=C3C(=O)N(c4cc(Cl)cc(Cl)c4)c4ccc(F)cc43)c2O)c1. The molecule has 0 radical (unpaired) electrons. The van der Waals surface area contributed by atoms with E-state index < -0.39 is 17.7 Å². The summed E-state index contributed by atoms with van der Waals surface area (Å²) in [5.41, 5.74) is 4.63. The number of hydrogen-bond donors (Lipinski definition) is 3. The van der Waals surface area contributed by atoms with Crippen LogP contribution in [-0.4, -0.2) is 27.8 Å². The number of hydrogen-bond acceptors (Lipinski definition) is 5. The highest BCUT2D eigenvalue weighted by molar-refractivity contribution is 6.56. The lowest BCUT2D eigenvalue weighted by molar-refractivity contribution is -0.111. The summed E-state index contributed by atoms with van der Waals surface area (Å²) in [5.74, 6) is -2.43. The number of rotatable bonds is 5. The van der Waals surface area contributed by atoms with Crippen LogP contribution < -0.4 is 10.3 Å². The van der Waals surface area contributed by atoms with E-state index in [-0.39, 0.29) is 28.3 Å². The number of carbonyl (C=O) groups excluding carboxylic acids is 1. The van der Waals surface area contributed by atoms with Crippen molar-refractivity contribution < 1.29 is 24.2 Å². The zero-order chi connectivity index (χ0) is 26.3. The minimum absolute atomic E-state index is 0.0619. The van der Waals surface area contributed by atoms with Gasteiger partial charge in [-0.15, -0.1) is 0 Å². The molecular formula is C27H16Cl2FN3O4. The summed E-state index contributed by atoms with van der Waals surface area (Å²) in [6.45, 7) is 0. The summed E-state index contributed by atoms with van der Waals surface area (Å²) in [5, 5.41) is 25.0. The summed E-state index contributed by atoms with van der Waals surface area (Å²) in [7, 11) is 0. The van der Waals surface area contributed by atoms with E-state index in [0.717, 1.165) is 0 Å². The number of phenolic OH excluding ortho intramolecular Hbond substituents is 1. The third-order valence-corrected chi connectivity index (χ3v) is 6.15. The minimum atomic E-state index is -1.10. The predicted molar refractivity (Wildman–Crippen MR) is 141 cm³/mol. The zero-order valence-electron chi connectivity index (χ0n) is 18.7. The molecule has 4 aromatic rings. The highest BCUT2D eigenvalue weighted by Crippen LogP contribution is 2.39. The molecule has 0 fully saturated rings. The summed E-state index contributed by atoms with van der Waals surface area (Å²) < 4.78 is 14.1. The van der Waals surface area contributed by atoms with E-state index in [1.165, 1.54) is 47.4 Å². The summed E-state index contributed by atoms with van der Waals surface area (Å²) in [6, 6.07) is 19.4. The van der Waals surface area contributed by atoms with E-state index in [0.29, 0.717) is 32.5 Å². The van der Waals surface area contributed by atoms with Gasteiger partial charge in [-0.25, -0.2) is 9.18 Å². The minimum Gasteiger partial charge on any atom is -0.505 e. The van der Waals surface area contributed by atoms with E-state index in [2.05, 4.69) is 10.5 Å². The highest BCUT2D eigenvalue weighted by atomic mass is 35.5. The summed E-state index contributed by atoms with van der Waals surface area (Å²) in [6.07, 6.45) is 0. The Morgan fingerprint density at radius 2 is 1.65 bits per heavy atom. The Kier molecular flexibility index (Phi) is 6.29. The first-order valence-electron chi connectivity index (χ1n) is 10.8. The monoisotopic (exact) mass is 535 g/mol. The molecule has 1 aliphatic rings. The Bertz CT molecular complexity index is 1600. The maximum atomic E-state index is 14.1. The second kappa shape index (κ2) is 9.57. The number of para-hydroxylation sites is 1. The van der Waals surface area contributed by atoms with Crippen molar-refractivity contribution in [1.29, 1.82) is 0 Å². The molecule has 0 saturated heterocycles. The largest absolute Gasteiger partial charge is 0.505 e. The van der Waals surface area contributed by atoms with Crippen molar-refractivity contribution in [3.63, 3.8) is 0 Å². The Labute approximate surface area is 220 Å².